The Balaban J connectivity index is 1.70. The highest BCUT2D eigenvalue weighted by Gasteiger charge is 2.40. The molecule has 7 heteroatoms. The maximum absolute atomic E-state index is 12.8. The molecule has 3 aliphatic rings. The average Bonchev–Trinajstić information content (AvgIpc) is 2.84. The molecule has 0 bridgehead atoms. The molecule has 1 aromatic rings. The molecule has 23 heavy (non-hydrogen) atoms. The molecule has 4 N–H and O–H groups in total. The molecule has 0 aromatic heterocycles. The summed E-state index contributed by atoms with van der Waals surface area (Å²) in [5.74, 6) is -0.878. The lowest BCUT2D eigenvalue weighted by Crippen LogP contribution is -2.52. The first-order chi connectivity index (χ1) is 11.1. The highest BCUT2D eigenvalue weighted by atomic mass is 16.2. The fraction of sp³-hybridized carbons (Fsp3) is 0.438. The Morgan fingerprint density at radius 3 is 2.78 bits per heavy atom. The molecule has 0 radical (unpaired) electrons. The zero-order valence-electron chi connectivity index (χ0n) is 12.6. The zero-order valence-corrected chi connectivity index (χ0v) is 12.6. The quantitative estimate of drug-likeness (QED) is 0.486. The Bertz CT molecular complexity index is 743. The molecule has 1 saturated heterocycles. The maximum Gasteiger partial charge on any atom is 0.257 e. The van der Waals surface area contributed by atoms with Crippen LogP contribution in [0.4, 0.5) is 5.69 Å². The minimum absolute atomic E-state index is 0.201. The number of carbonyl (C=O) groups excluding carboxylic acids is 3. The number of imide groups is 1. The molecule has 1 fully saturated rings. The van der Waals surface area contributed by atoms with Gasteiger partial charge in [0.25, 0.3) is 5.91 Å². The second kappa shape index (κ2) is 5.06. The number of carbonyl (C=O) groups is 3. The van der Waals surface area contributed by atoms with Gasteiger partial charge in [0, 0.05) is 25.2 Å². The van der Waals surface area contributed by atoms with E-state index in [1.165, 1.54) is 0 Å². The van der Waals surface area contributed by atoms with Crippen LogP contribution in [-0.4, -0.2) is 35.2 Å². The van der Waals surface area contributed by atoms with E-state index in [1.54, 1.807) is 4.90 Å². The van der Waals surface area contributed by atoms with E-state index in [-0.39, 0.29) is 18.2 Å². The number of nitrogens with zero attached hydrogens (tertiary/aromatic N) is 1. The van der Waals surface area contributed by atoms with E-state index in [9.17, 15) is 14.4 Å². The maximum atomic E-state index is 12.8. The first-order valence-corrected chi connectivity index (χ1v) is 7.84. The van der Waals surface area contributed by atoms with E-state index in [0.29, 0.717) is 24.2 Å². The summed E-state index contributed by atoms with van der Waals surface area (Å²) < 4.78 is 0. The number of hydrogen-bond donors (Lipinski definition) is 3. The van der Waals surface area contributed by atoms with Gasteiger partial charge in [-0.15, -0.1) is 0 Å². The molecular weight excluding hydrogens is 296 g/mol. The smallest absolute Gasteiger partial charge is 0.257 e. The van der Waals surface area contributed by atoms with Crippen LogP contribution in [0.2, 0.25) is 0 Å². The molecule has 0 saturated carbocycles. The predicted molar refractivity (Wildman–Crippen MR) is 82.3 cm³/mol. The van der Waals surface area contributed by atoms with Crippen LogP contribution in [0.25, 0.3) is 0 Å². The molecule has 1 aromatic carbocycles. The largest absolute Gasteiger partial charge is 0.398 e. The molecular formula is C16H18N4O3. The van der Waals surface area contributed by atoms with Crippen molar-refractivity contribution in [3.63, 3.8) is 0 Å². The highest BCUT2D eigenvalue weighted by molar-refractivity contribution is 6.08. The topological polar surface area (TPSA) is 105 Å². The van der Waals surface area contributed by atoms with Crippen molar-refractivity contribution in [2.45, 2.75) is 38.4 Å². The van der Waals surface area contributed by atoms with E-state index in [4.69, 9.17) is 5.73 Å². The number of nitrogens with one attached hydrogen (secondary N) is 2. The van der Waals surface area contributed by atoms with Gasteiger partial charge in [-0.3, -0.25) is 19.7 Å². The molecule has 1 atom stereocenters. The monoisotopic (exact) mass is 314 g/mol. The lowest BCUT2D eigenvalue weighted by molar-refractivity contribution is -0.136. The second-order valence-electron chi connectivity index (χ2n) is 6.29. The van der Waals surface area contributed by atoms with Crippen molar-refractivity contribution >= 4 is 23.4 Å². The van der Waals surface area contributed by atoms with Crippen LogP contribution in [0.3, 0.4) is 0 Å². The van der Waals surface area contributed by atoms with Gasteiger partial charge in [0.2, 0.25) is 11.8 Å². The van der Waals surface area contributed by atoms with Gasteiger partial charge < -0.3 is 16.0 Å². The van der Waals surface area contributed by atoms with Crippen molar-refractivity contribution in [1.82, 2.24) is 15.5 Å². The van der Waals surface area contributed by atoms with E-state index >= 15 is 0 Å². The lowest BCUT2D eigenvalue weighted by Gasteiger charge is -2.29. The summed E-state index contributed by atoms with van der Waals surface area (Å²) in [7, 11) is 0. The van der Waals surface area contributed by atoms with Gasteiger partial charge in [0.05, 0.1) is 5.56 Å². The molecule has 3 aliphatic heterocycles. The fourth-order valence-electron chi connectivity index (χ4n) is 3.76. The van der Waals surface area contributed by atoms with Gasteiger partial charge in [-0.05, 0) is 36.1 Å². The number of benzene rings is 1. The number of nitrogen functional groups attached to an aromatic ring is 1. The van der Waals surface area contributed by atoms with Crippen molar-refractivity contribution < 1.29 is 14.4 Å². The van der Waals surface area contributed by atoms with E-state index < -0.39 is 11.9 Å². The normalized spacial score (nSPS) is 23.6. The number of rotatable bonds is 1. The summed E-state index contributed by atoms with van der Waals surface area (Å²) in [5.41, 5.74) is 10.4. The molecule has 1 unspecified atom stereocenters. The number of hydrogen-bond acceptors (Lipinski definition) is 5. The third kappa shape index (κ3) is 2.11. The minimum Gasteiger partial charge on any atom is -0.398 e. The third-order valence-electron chi connectivity index (χ3n) is 4.92. The summed E-state index contributed by atoms with van der Waals surface area (Å²) in [6, 6.07) is 1.43. The summed E-state index contributed by atoms with van der Waals surface area (Å²) in [6.45, 7) is 1.97. The van der Waals surface area contributed by atoms with E-state index in [1.807, 2.05) is 6.07 Å². The Morgan fingerprint density at radius 1 is 1.17 bits per heavy atom. The van der Waals surface area contributed by atoms with Crippen LogP contribution < -0.4 is 16.4 Å². The second-order valence-corrected chi connectivity index (χ2v) is 6.29. The molecule has 3 amide bonds. The number of fused-ring (bicyclic) bond motifs is 2. The van der Waals surface area contributed by atoms with Gasteiger partial charge in [0.15, 0.2) is 0 Å². The number of anilines is 1. The van der Waals surface area contributed by atoms with Gasteiger partial charge in [-0.2, -0.15) is 0 Å². The summed E-state index contributed by atoms with van der Waals surface area (Å²) in [6.07, 6.45) is 1.43. The van der Waals surface area contributed by atoms with Crippen LogP contribution in [0, 0.1) is 0 Å². The van der Waals surface area contributed by atoms with Crippen molar-refractivity contribution in [3.8, 4) is 0 Å². The summed E-state index contributed by atoms with van der Waals surface area (Å²) >= 11 is 0. The lowest BCUT2D eigenvalue weighted by atomic mass is 9.93. The van der Waals surface area contributed by atoms with Gasteiger partial charge >= 0.3 is 0 Å². The first kappa shape index (κ1) is 14.2. The van der Waals surface area contributed by atoms with Crippen LogP contribution in [0.5, 0.6) is 0 Å². The number of nitrogens with two attached hydrogens (primary N) is 1. The predicted octanol–water partition coefficient (Wildman–Crippen LogP) is -0.325. The molecule has 0 spiro atoms. The molecule has 0 aliphatic carbocycles. The minimum atomic E-state index is -0.595. The zero-order chi connectivity index (χ0) is 16.1. The number of piperidine rings is 1. The Kier molecular flexibility index (Phi) is 3.12. The molecule has 120 valence electrons. The summed E-state index contributed by atoms with van der Waals surface area (Å²) in [4.78, 5) is 37.7. The van der Waals surface area contributed by atoms with Crippen molar-refractivity contribution in [3.05, 3.63) is 28.3 Å². The highest BCUT2D eigenvalue weighted by Crippen LogP contribution is 2.35. The van der Waals surface area contributed by atoms with Gasteiger partial charge in [0.1, 0.15) is 6.04 Å². The average molecular weight is 314 g/mol. The van der Waals surface area contributed by atoms with Crippen LogP contribution >= 0.6 is 0 Å². The molecule has 3 heterocycles. The van der Waals surface area contributed by atoms with Crippen LogP contribution in [-0.2, 0) is 29.1 Å². The van der Waals surface area contributed by atoms with Gasteiger partial charge in [-0.1, -0.05) is 6.07 Å². The Labute approximate surface area is 133 Å². The molecule has 4 rings (SSSR count). The van der Waals surface area contributed by atoms with Gasteiger partial charge in [-0.25, -0.2) is 0 Å². The van der Waals surface area contributed by atoms with Crippen molar-refractivity contribution in [2.75, 3.05) is 12.3 Å². The summed E-state index contributed by atoms with van der Waals surface area (Å²) in [5, 5.41) is 5.61. The fourth-order valence-corrected chi connectivity index (χ4v) is 3.76. The van der Waals surface area contributed by atoms with Crippen molar-refractivity contribution in [2.24, 2.45) is 0 Å². The Hall–Kier alpha value is -2.41. The van der Waals surface area contributed by atoms with E-state index in [0.717, 1.165) is 36.2 Å². The number of amides is 3. The molecule has 7 nitrogen and oxygen atoms in total. The Morgan fingerprint density at radius 2 is 2.00 bits per heavy atom. The van der Waals surface area contributed by atoms with Crippen LogP contribution in [0.1, 0.15) is 39.9 Å². The van der Waals surface area contributed by atoms with Crippen molar-refractivity contribution in [1.29, 1.82) is 0 Å². The van der Waals surface area contributed by atoms with E-state index in [2.05, 4.69) is 10.6 Å². The van der Waals surface area contributed by atoms with Crippen LogP contribution in [0.15, 0.2) is 6.07 Å². The third-order valence-corrected chi connectivity index (χ3v) is 4.92. The standard InChI is InChI=1S/C16H18N4O3/c17-14-10-3-4-18-6-8(10)5-9-7-20(16(23)13(9)14)11-1-2-12(21)19-15(11)22/h5,11,18H,1-4,6-7,17H2,(H,19,21,22). The first-order valence-electron chi connectivity index (χ1n) is 7.84. The SMILES string of the molecule is Nc1c2c(cc3c1C(=O)N(C1CCC(=O)NC1=O)C3)CNCC2.